The molecule has 0 aliphatic heterocycles. The van der Waals surface area contributed by atoms with Crippen LogP contribution in [-0.2, 0) is 4.74 Å². The number of rotatable bonds is 6. The molecule has 0 aromatic rings. The summed E-state index contributed by atoms with van der Waals surface area (Å²) in [5, 5.41) is 0. The molecule has 1 atom stereocenters. The topological polar surface area (TPSA) is 9.23 Å². The van der Waals surface area contributed by atoms with Crippen LogP contribution in [0.25, 0.3) is 0 Å². The largest absolute Gasteiger partial charge is 0.381 e. The predicted octanol–water partition coefficient (Wildman–Crippen LogP) is 3.44. The van der Waals surface area contributed by atoms with Crippen molar-refractivity contribution < 1.29 is 4.74 Å². The fraction of sp³-hybridized carbons (Fsp3) is 0.909. The van der Waals surface area contributed by atoms with Crippen LogP contribution in [0, 0.1) is 12.3 Å². The first-order valence-corrected chi connectivity index (χ1v) is 4.90. The molecule has 12 heavy (non-hydrogen) atoms. The van der Waals surface area contributed by atoms with Gasteiger partial charge in [0.25, 0.3) is 0 Å². The minimum Gasteiger partial charge on any atom is -0.381 e. The molecule has 0 saturated carbocycles. The molecule has 0 saturated heterocycles. The van der Waals surface area contributed by atoms with E-state index in [1.165, 1.54) is 19.3 Å². The van der Waals surface area contributed by atoms with Gasteiger partial charge in [0.15, 0.2) is 0 Å². The van der Waals surface area contributed by atoms with Crippen LogP contribution < -0.4 is 0 Å². The lowest BCUT2D eigenvalue weighted by molar-refractivity contribution is 0.00308. The van der Waals surface area contributed by atoms with Gasteiger partial charge in [-0.25, -0.2) is 0 Å². The third kappa shape index (κ3) is 3.57. The molecule has 0 heterocycles. The van der Waals surface area contributed by atoms with Gasteiger partial charge in [0.2, 0.25) is 0 Å². The lowest BCUT2D eigenvalue weighted by Crippen LogP contribution is -2.30. The Labute approximate surface area is 77.5 Å². The lowest BCUT2D eigenvalue weighted by Gasteiger charge is -2.32. The second kappa shape index (κ2) is 5.58. The highest BCUT2D eigenvalue weighted by Gasteiger charge is 2.27. The van der Waals surface area contributed by atoms with E-state index >= 15 is 0 Å². The first-order valence-electron chi connectivity index (χ1n) is 4.90. The summed E-state index contributed by atoms with van der Waals surface area (Å²) in [5.41, 5.74) is 0.284. The summed E-state index contributed by atoms with van der Waals surface area (Å²) in [6, 6.07) is 0. The number of hydrogen-bond acceptors (Lipinski definition) is 1. The Hall–Kier alpha value is -0.0400. The number of methoxy groups -OCH3 is 1. The van der Waals surface area contributed by atoms with Gasteiger partial charge in [-0.3, -0.25) is 0 Å². The summed E-state index contributed by atoms with van der Waals surface area (Å²) in [4.78, 5) is 0. The fourth-order valence-electron chi connectivity index (χ4n) is 1.62. The van der Waals surface area contributed by atoms with Gasteiger partial charge in [-0.2, -0.15) is 0 Å². The second-order valence-electron chi connectivity index (χ2n) is 4.11. The third-order valence-corrected chi connectivity index (χ3v) is 2.59. The predicted molar refractivity (Wildman–Crippen MR) is 54.1 cm³/mol. The Morgan fingerprint density at radius 3 is 2.33 bits per heavy atom. The summed E-state index contributed by atoms with van der Waals surface area (Å²) in [6.07, 6.45) is 4.96. The van der Waals surface area contributed by atoms with Crippen LogP contribution in [0.4, 0.5) is 0 Å². The maximum absolute atomic E-state index is 5.40. The third-order valence-electron chi connectivity index (χ3n) is 2.59. The monoisotopic (exact) mass is 171 g/mol. The first-order chi connectivity index (χ1) is 5.58. The zero-order valence-corrected chi connectivity index (χ0v) is 9.02. The van der Waals surface area contributed by atoms with Gasteiger partial charge in [0.05, 0.1) is 6.10 Å². The van der Waals surface area contributed by atoms with E-state index < -0.39 is 0 Å². The molecule has 0 spiro atoms. The molecule has 1 nitrogen and oxygen atoms in total. The van der Waals surface area contributed by atoms with E-state index in [1.807, 2.05) is 0 Å². The van der Waals surface area contributed by atoms with Gasteiger partial charge in [0.1, 0.15) is 0 Å². The van der Waals surface area contributed by atoms with Crippen molar-refractivity contribution in [3.05, 3.63) is 6.92 Å². The maximum Gasteiger partial charge on any atom is 0.0622 e. The highest BCUT2D eigenvalue weighted by atomic mass is 16.5. The van der Waals surface area contributed by atoms with Gasteiger partial charge in [-0.05, 0) is 18.3 Å². The van der Waals surface area contributed by atoms with Crippen molar-refractivity contribution in [2.24, 2.45) is 5.41 Å². The molecular formula is C11H23O. The van der Waals surface area contributed by atoms with E-state index in [4.69, 9.17) is 4.74 Å². The van der Waals surface area contributed by atoms with Crippen molar-refractivity contribution in [1.82, 2.24) is 0 Å². The van der Waals surface area contributed by atoms with Crippen LogP contribution in [0.2, 0.25) is 0 Å². The van der Waals surface area contributed by atoms with Gasteiger partial charge in [-0.1, -0.05) is 40.5 Å². The number of unbranched alkanes of at least 4 members (excludes halogenated alkanes) is 1. The normalized spacial score (nSPS) is 14.8. The number of hydrogen-bond donors (Lipinski definition) is 0. The quantitative estimate of drug-likeness (QED) is 0.595. The lowest BCUT2D eigenvalue weighted by atomic mass is 9.80. The van der Waals surface area contributed by atoms with E-state index in [0.29, 0.717) is 6.10 Å². The van der Waals surface area contributed by atoms with Crippen LogP contribution >= 0.6 is 0 Å². The standard InChI is InChI=1S/C11H23O/c1-6-8-9-11(3,4)10(7-2)12-5/h10H,2,6-9H2,1,3-5H3. The highest BCUT2D eigenvalue weighted by molar-refractivity contribution is 4.79. The smallest absolute Gasteiger partial charge is 0.0622 e. The van der Waals surface area contributed by atoms with Crippen molar-refractivity contribution in [1.29, 1.82) is 0 Å². The van der Waals surface area contributed by atoms with E-state index in [0.717, 1.165) is 6.42 Å². The SMILES string of the molecule is [CH2]CC(OC)C(C)(C)CCCC. The molecule has 0 bridgehead atoms. The van der Waals surface area contributed by atoms with E-state index in [1.54, 1.807) is 7.11 Å². The fourth-order valence-corrected chi connectivity index (χ4v) is 1.62. The molecule has 0 aromatic carbocycles. The zero-order valence-electron chi connectivity index (χ0n) is 9.02. The summed E-state index contributed by atoms with van der Waals surface area (Å²) in [5.74, 6) is 0. The molecular weight excluding hydrogens is 148 g/mol. The van der Waals surface area contributed by atoms with Gasteiger partial charge in [0, 0.05) is 7.11 Å². The molecule has 0 amide bonds. The van der Waals surface area contributed by atoms with Crippen molar-refractivity contribution in [2.45, 2.75) is 52.6 Å². The Bertz CT molecular complexity index is 104. The molecule has 1 unspecified atom stereocenters. The Balaban J connectivity index is 3.96. The van der Waals surface area contributed by atoms with Crippen LogP contribution in [0.3, 0.4) is 0 Å². The van der Waals surface area contributed by atoms with Crippen molar-refractivity contribution in [3.63, 3.8) is 0 Å². The molecule has 1 heteroatoms. The summed E-state index contributed by atoms with van der Waals surface area (Å²) in [7, 11) is 1.78. The summed E-state index contributed by atoms with van der Waals surface area (Å²) in [6.45, 7) is 10.7. The number of ether oxygens (including phenoxy) is 1. The minimum atomic E-state index is 0.284. The molecule has 73 valence electrons. The van der Waals surface area contributed by atoms with E-state index in [9.17, 15) is 0 Å². The van der Waals surface area contributed by atoms with Crippen LogP contribution in [-0.4, -0.2) is 13.2 Å². The maximum atomic E-state index is 5.40. The summed E-state index contributed by atoms with van der Waals surface area (Å²) >= 11 is 0. The van der Waals surface area contributed by atoms with E-state index in [-0.39, 0.29) is 5.41 Å². The molecule has 0 rings (SSSR count). The molecule has 0 aromatic heterocycles. The van der Waals surface area contributed by atoms with Crippen molar-refractivity contribution in [2.75, 3.05) is 7.11 Å². The first kappa shape index (κ1) is 12.0. The Kier molecular flexibility index (Phi) is 5.56. The zero-order chi connectivity index (χ0) is 9.61. The molecule has 0 fully saturated rings. The Morgan fingerprint density at radius 1 is 1.42 bits per heavy atom. The van der Waals surface area contributed by atoms with Crippen LogP contribution in [0.5, 0.6) is 0 Å². The van der Waals surface area contributed by atoms with Crippen LogP contribution in [0.1, 0.15) is 46.5 Å². The van der Waals surface area contributed by atoms with Crippen molar-refractivity contribution >= 4 is 0 Å². The van der Waals surface area contributed by atoms with Gasteiger partial charge in [-0.15, -0.1) is 0 Å². The minimum absolute atomic E-state index is 0.284. The molecule has 1 radical (unpaired) electrons. The average Bonchev–Trinajstić information content (AvgIpc) is 2.03. The molecule has 0 aliphatic rings. The second-order valence-corrected chi connectivity index (χ2v) is 4.11. The van der Waals surface area contributed by atoms with Crippen molar-refractivity contribution in [3.8, 4) is 0 Å². The van der Waals surface area contributed by atoms with Crippen LogP contribution in [0.15, 0.2) is 0 Å². The van der Waals surface area contributed by atoms with E-state index in [2.05, 4.69) is 27.7 Å². The van der Waals surface area contributed by atoms with Gasteiger partial charge < -0.3 is 4.74 Å². The molecule has 0 N–H and O–H groups in total. The molecule has 0 aliphatic carbocycles. The Morgan fingerprint density at radius 2 is 2.00 bits per heavy atom. The van der Waals surface area contributed by atoms with Gasteiger partial charge >= 0.3 is 0 Å². The summed E-state index contributed by atoms with van der Waals surface area (Å²) < 4.78 is 5.40. The highest BCUT2D eigenvalue weighted by Crippen LogP contribution is 2.30. The average molecular weight is 171 g/mol.